The monoisotopic (exact) mass is 906 g/mol. The first kappa shape index (κ1) is 52.0. The first-order valence-electron chi connectivity index (χ1n) is 19.3. The van der Waals surface area contributed by atoms with E-state index in [1.807, 2.05) is 5.32 Å². The molecule has 0 bridgehead atoms. The highest BCUT2D eigenvalue weighted by Gasteiger charge is 2.41. The van der Waals surface area contributed by atoms with Crippen molar-refractivity contribution in [1.29, 1.82) is 0 Å². The lowest BCUT2D eigenvalue weighted by Crippen LogP contribution is -2.53. The molecule has 0 fully saturated rings. The van der Waals surface area contributed by atoms with Crippen molar-refractivity contribution >= 4 is 63.9 Å². The van der Waals surface area contributed by atoms with E-state index in [-0.39, 0.29) is 29.2 Å². The van der Waals surface area contributed by atoms with Crippen molar-refractivity contribution < 1.29 is 84.6 Å². The van der Waals surface area contributed by atoms with Crippen LogP contribution in [0.4, 0.5) is 11.6 Å². The van der Waals surface area contributed by atoms with Crippen molar-refractivity contribution in [3.8, 4) is 0 Å². The van der Waals surface area contributed by atoms with Crippen LogP contribution >= 0.6 is 0 Å². The van der Waals surface area contributed by atoms with Gasteiger partial charge in [-0.05, 0) is 37.6 Å². The van der Waals surface area contributed by atoms with E-state index in [1.165, 1.54) is 30.5 Å². The number of nitrogens with one attached hydrogen (secondary N) is 4. The number of carboxylic acids is 2. The molecule has 0 radical (unpaired) electrons. The van der Waals surface area contributed by atoms with Crippen molar-refractivity contribution in [1.82, 2.24) is 30.6 Å². The maximum Gasteiger partial charge on any atom is 0.326 e. The molecule has 10 atom stereocenters. The predicted octanol–water partition coefficient (Wildman–Crippen LogP) is -5.28. The highest BCUT2D eigenvalue weighted by atomic mass is 16.4. The van der Waals surface area contributed by atoms with Gasteiger partial charge in [-0.1, -0.05) is 0 Å². The fourth-order valence-corrected chi connectivity index (χ4v) is 6.22. The zero-order valence-corrected chi connectivity index (χ0v) is 34.0. The van der Waals surface area contributed by atoms with E-state index in [0.29, 0.717) is 11.4 Å². The normalized spacial score (nSPS) is 16.1. The van der Waals surface area contributed by atoms with Gasteiger partial charge in [0.2, 0.25) is 11.9 Å². The van der Waals surface area contributed by atoms with Gasteiger partial charge in [0.05, 0.1) is 68.2 Å². The first-order valence-corrected chi connectivity index (χ1v) is 19.3. The molecule has 64 heavy (non-hydrogen) atoms. The second-order valence-electron chi connectivity index (χ2n) is 14.7. The van der Waals surface area contributed by atoms with E-state index in [4.69, 9.17) is 10.8 Å². The van der Waals surface area contributed by atoms with Gasteiger partial charge in [-0.25, -0.2) is 14.8 Å². The quantitative estimate of drug-likeness (QED) is 0.0340. The molecule has 0 saturated heterocycles. The highest BCUT2D eigenvalue weighted by molar-refractivity contribution is 5.98. The summed E-state index contributed by atoms with van der Waals surface area (Å²) >= 11 is 0. The average molecular weight is 907 g/mol. The minimum Gasteiger partial charge on any atom is -0.481 e. The van der Waals surface area contributed by atoms with Crippen LogP contribution in [0.15, 0.2) is 35.3 Å². The van der Waals surface area contributed by atoms with Crippen LogP contribution in [0, 0.1) is 11.8 Å². The zero-order chi connectivity index (χ0) is 48.0. The van der Waals surface area contributed by atoms with Crippen LogP contribution in [0.5, 0.6) is 0 Å². The number of benzene rings is 1. The number of rotatable bonds is 27. The Hall–Kier alpha value is -6.39. The Labute approximate surface area is 361 Å². The van der Waals surface area contributed by atoms with Gasteiger partial charge < -0.3 is 72.7 Å². The molecule has 3 rings (SSSR count). The van der Waals surface area contributed by atoms with Crippen molar-refractivity contribution in [3.05, 3.63) is 52.1 Å². The van der Waals surface area contributed by atoms with Crippen LogP contribution in [-0.2, 0) is 35.3 Å². The molecule has 3 aromatic rings. The lowest BCUT2D eigenvalue weighted by Gasteiger charge is -2.30. The number of carbonyl (C=O) groups is 7. The summed E-state index contributed by atoms with van der Waals surface area (Å²) in [5.41, 5.74) is 5.76. The van der Waals surface area contributed by atoms with Gasteiger partial charge in [-0.2, -0.15) is 4.98 Å². The molecule has 0 saturated carbocycles. The molecule has 0 unspecified atom stereocenters. The number of aromatic amines is 1. The number of carbonyl (C=O) groups excluding carboxylic acids is 5. The third-order valence-electron chi connectivity index (χ3n) is 9.92. The molecular formula is C38H50N8O18. The van der Waals surface area contributed by atoms with Crippen LogP contribution in [0.2, 0.25) is 0 Å². The molecule has 1 aromatic carbocycles. The van der Waals surface area contributed by atoms with Gasteiger partial charge in [0.1, 0.15) is 42.0 Å². The van der Waals surface area contributed by atoms with Gasteiger partial charge in [-0.3, -0.25) is 38.5 Å². The number of ketones is 3. The van der Waals surface area contributed by atoms with E-state index in [9.17, 15) is 84.3 Å². The van der Waals surface area contributed by atoms with Crippen LogP contribution < -0.4 is 27.2 Å². The number of hydrogen-bond acceptors (Lipinski definition) is 21. The number of Topliss-reactive ketones (excluding diaryl/α,β-unsaturated/α-hetero) is 3. The standard InChI is InChI=1S/C38H50N8O18/c1-15(49)20(29(56)31(58)25(52)13-47)9-24(51)23(10-27(54)55)44-35(61)21(30(57)32(59)26(53)14-48)8-19(50)6-7-22(37(63)64)43-34(60)16-2-4-17(5-3-16)40-11-18-12-41-33-28(42-18)36(62)46-38(39)45-33/h2-5,12,20-23,25-26,29-32,40,47-48,52-53,56-59H,6-11,13-14H2,1H3,(H,43,60)(H,44,61)(H,54,55)(H,63,64)(H3,39,41,45,46,62)/t20-,21+,22+,23+,25-,26-,29-,30-,31-,32-/m1/s1. The molecule has 0 aliphatic heterocycles. The zero-order valence-electron chi connectivity index (χ0n) is 34.0. The highest BCUT2D eigenvalue weighted by Crippen LogP contribution is 2.22. The molecule has 0 aliphatic carbocycles. The summed E-state index contributed by atoms with van der Waals surface area (Å²) in [6.45, 7) is -1.22. The third-order valence-corrected chi connectivity index (χ3v) is 9.92. The smallest absolute Gasteiger partial charge is 0.326 e. The number of H-pyrrole nitrogens is 1. The van der Waals surface area contributed by atoms with Crippen molar-refractivity contribution in [2.24, 2.45) is 11.8 Å². The molecule has 350 valence electrons. The molecule has 26 nitrogen and oxygen atoms in total. The summed E-state index contributed by atoms with van der Waals surface area (Å²) in [6.07, 6.45) is -16.2. The summed E-state index contributed by atoms with van der Waals surface area (Å²) in [5.74, 6) is -12.8. The number of aliphatic hydroxyl groups is 8. The molecule has 0 aliphatic rings. The molecule has 0 spiro atoms. The maximum atomic E-state index is 13.6. The van der Waals surface area contributed by atoms with Crippen LogP contribution in [-0.4, -0.2) is 174 Å². The summed E-state index contributed by atoms with van der Waals surface area (Å²) in [7, 11) is 0. The Kier molecular flexibility index (Phi) is 19.4. The number of nitrogens with two attached hydrogens (primary N) is 1. The summed E-state index contributed by atoms with van der Waals surface area (Å²) < 4.78 is 0. The number of anilines is 2. The minimum atomic E-state index is -2.39. The van der Waals surface area contributed by atoms with Gasteiger partial charge in [-0.15, -0.1) is 0 Å². The van der Waals surface area contributed by atoms with Crippen LogP contribution in [0.1, 0.15) is 55.1 Å². The van der Waals surface area contributed by atoms with E-state index >= 15 is 0 Å². The molecule has 2 amide bonds. The fourth-order valence-electron chi connectivity index (χ4n) is 6.22. The van der Waals surface area contributed by atoms with Crippen molar-refractivity contribution in [2.45, 2.75) is 94.3 Å². The number of hydrogen-bond donors (Lipinski definition) is 15. The van der Waals surface area contributed by atoms with Crippen molar-refractivity contribution in [2.75, 3.05) is 24.3 Å². The molecular weight excluding hydrogens is 856 g/mol. The van der Waals surface area contributed by atoms with Crippen LogP contribution in [0.25, 0.3) is 11.2 Å². The Morgan fingerprint density at radius 3 is 1.91 bits per heavy atom. The first-order chi connectivity index (χ1) is 30.1. The number of nitrogens with zero attached hydrogens (tertiary/aromatic N) is 3. The van der Waals surface area contributed by atoms with E-state index in [1.54, 1.807) is 0 Å². The second kappa shape index (κ2) is 23.9. The van der Waals surface area contributed by atoms with Gasteiger partial charge in [0, 0.05) is 30.5 Å². The predicted molar refractivity (Wildman–Crippen MR) is 216 cm³/mol. The summed E-state index contributed by atoms with van der Waals surface area (Å²) in [6, 6.07) is 1.89. The molecule has 2 aromatic heterocycles. The fraction of sp³-hybridized carbons (Fsp3) is 0.500. The summed E-state index contributed by atoms with van der Waals surface area (Å²) in [4.78, 5) is 116. The van der Waals surface area contributed by atoms with Gasteiger partial charge in [0.15, 0.2) is 16.9 Å². The van der Waals surface area contributed by atoms with Crippen molar-refractivity contribution in [3.63, 3.8) is 0 Å². The van der Waals surface area contributed by atoms with Gasteiger partial charge >= 0.3 is 11.9 Å². The number of aliphatic carboxylic acids is 2. The lowest BCUT2D eigenvalue weighted by molar-refractivity contribution is -0.147. The number of carboxylic acid groups (broad SMARTS) is 2. The largest absolute Gasteiger partial charge is 0.481 e. The average Bonchev–Trinajstić information content (AvgIpc) is 3.25. The number of amides is 2. The SMILES string of the molecule is CC(=O)[C@@H](CC(=O)[C@H](CC(=O)O)NC(=O)[C@@H](CC(=O)CC[C@H](NC(=O)c1ccc(NCc2cnc3nc(N)[nH]c(=O)c3n2)cc1)C(=O)O)[C@@H](O)[C@H](O)[C@H](O)CO)[C@@H](O)[C@H](O)[C@H](O)CO. The van der Waals surface area contributed by atoms with E-state index in [0.717, 1.165) is 6.92 Å². The molecule has 2 heterocycles. The second-order valence-corrected chi connectivity index (χ2v) is 14.7. The lowest BCUT2D eigenvalue weighted by atomic mass is 9.85. The number of aliphatic hydroxyl groups excluding tert-OH is 8. The Morgan fingerprint density at radius 1 is 0.766 bits per heavy atom. The van der Waals surface area contributed by atoms with E-state index in [2.05, 4.69) is 30.6 Å². The Balaban J connectivity index is 1.71. The van der Waals surface area contributed by atoms with Crippen LogP contribution in [0.3, 0.4) is 0 Å². The Morgan fingerprint density at radius 2 is 1.36 bits per heavy atom. The summed E-state index contributed by atoms with van der Waals surface area (Å²) in [5, 5.41) is 106. The molecule has 26 heteroatoms. The number of aromatic nitrogens is 4. The number of nitrogen functional groups attached to an aromatic ring is 1. The maximum absolute atomic E-state index is 13.6. The minimum absolute atomic E-state index is 0.00590. The third kappa shape index (κ3) is 14.6. The van der Waals surface area contributed by atoms with Gasteiger partial charge in [0.25, 0.3) is 11.5 Å². The molecule has 16 N–H and O–H groups in total. The Bertz CT molecular complexity index is 2210. The number of fused-ring (bicyclic) bond motifs is 1. The van der Waals surface area contributed by atoms with E-state index < -0.39 is 153 Å². The topological polar surface area (TPSA) is 455 Å².